The van der Waals surface area contributed by atoms with E-state index in [1.165, 1.54) is 26.4 Å². The molecule has 1 fully saturated rings. The molecule has 2 atom stereocenters. The average Bonchev–Trinajstić information content (AvgIpc) is 2.76. The predicted octanol–water partition coefficient (Wildman–Crippen LogP) is 2.37. The SMILES string of the molecule is COC(=O)c1cc(Nc2ncc(C)c(N[C@@H]3COCC[C@H]3C#N)n2)cc(OC)c1O. The summed E-state index contributed by atoms with van der Waals surface area (Å²) in [5, 5.41) is 25.8. The van der Waals surface area contributed by atoms with Gasteiger partial charge in [-0.05, 0) is 19.4 Å². The van der Waals surface area contributed by atoms with Crippen LogP contribution in [0.3, 0.4) is 0 Å². The summed E-state index contributed by atoms with van der Waals surface area (Å²) >= 11 is 0. The third-order valence-electron chi connectivity index (χ3n) is 4.77. The van der Waals surface area contributed by atoms with Gasteiger partial charge in [0.15, 0.2) is 11.5 Å². The van der Waals surface area contributed by atoms with Gasteiger partial charge in [-0.1, -0.05) is 0 Å². The molecule has 30 heavy (non-hydrogen) atoms. The molecule has 1 aromatic heterocycles. The molecule has 0 radical (unpaired) electrons. The average molecular weight is 413 g/mol. The van der Waals surface area contributed by atoms with E-state index in [1.807, 2.05) is 6.92 Å². The van der Waals surface area contributed by atoms with Crippen LogP contribution >= 0.6 is 0 Å². The second-order valence-corrected chi connectivity index (χ2v) is 6.77. The largest absolute Gasteiger partial charge is 0.504 e. The number of nitrogens with zero attached hydrogens (tertiary/aromatic N) is 3. The Bertz CT molecular complexity index is 975. The summed E-state index contributed by atoms with van der Waals surface area (Å²) in [6.07, 6.45) is 2.30. The Balaban J connectivity index is 1.86. The Morgan fingerprint density at radius 1 is 1.40 bits per heavy atom. The van der Waals surface area contributed by atoms with Crippen LogP contribution in [0.15, 0.2) is 18.3 Å². The van der Waals surface area contributed by atoms with Crippen molar-refractivity contribution in [1.29, 1.82) is 5.26 Å². The summed E-state index contributed by atoms with van der Waals surface area (Å²) in [7, 11) is 2.60. The van der Waals surface area contributed by atoms with Gasteiger partial charge in [-0.25, -0.2) is 9.78 Å². The van der Waals surface area contributed by atoms with Crippen LogP contribution in [-0.2, 0) is 9.47 Å². The van der Waals surface area contributed by atoms with Crippen molar-refractivity contribution in [1.82, 2.24) is 9.97 Å². The highest BCUT2D eigenvalue weighted by Crippen LogP contribution is 2.35. The number of hydrogen-bond acceptors (Lipinski definition) is 10. The van der Waals surface area contributed by atoms with Gasteiger partial charge < -0.3 is 30.0 Å². The molecule has 10 heteroatoms. The molecule has 2 heterocycles. The molecule has 1 saturated heterocycles. The van der Waals surface area contributed by atoms with Crippen LogP contribution in [0.25, 0.3) is 0 Å². The number of nitriles is 1. The summed E-state index contributed by atoms with van der Waals surface area (Å²) in [4.78, 5) is 20.7. The van der Waals surface area contributed by atoms with Crippen LogP contribution in [0.5, 0.6) is 11.5 Å². The lowest BCUT2D eigenvalue weighted by atomic mass is 9.96. The number of nitrogens with one attached hydrogen (secondary N) is 2. The molecule has 0 amide bonds. The molecule has 1 aromatic carbocycles. The maximum Gasteiger partial charge on any atom is 0.341 e. The van der Waals surface area contributed by atoms with Gasteiger partial charge in [0.1, 0.15) is 11.4 Å². The number of methoxy groups -OCH3 is 2. The number of ether oxygens (including phenoxy) is 3. The van der Waals surface area contributed by atoms with E-state index in [4.69, 9.17) is 14.2 Å². The molecule has 158 valence electrons. The molecular weight excluding hydrogens is 390 g/mol. The molecule has 0 saturated carbocycles. The highest BCUT2D eigenvalue weighted by atomic mass is 16.5. The molecule has 1 aliphatic rings. The van der Waals surface area contributed by atoms with Gasteiger partial charge in [0.2, 0.25) is 5.95 Å². The van der Waals surface area contributed by atoms with Gasteiger partial charge in [0, 0.05) is 30.1 Å². The number of carbonyl (C=O) groups excluding carboxylic acids is 1. The standard InChI is InChI=1S/C20H23N5O5/c1-11-9-22-20(25-18(11)24-15-10-30-5-4-12(15)8-21)23-13-6-14(19(27)29-3)17(26)16(7-13)28-2/h6-7,9,12,15,26H,4-5,10H2,1-3H3,(H2,22,23,24,25)/t12-,15+/m0/s1. The fourth-order valence-electron chi connectivity index (χ4n) is 3.09. The second-order valence-electron chi connectivity index (χ2n) is 6.77. The lowest BCUT2D eigenvalue weighted by molar-refractivity contribution is 0.0597. The van der Waals surface area contributed by atoms with E-state index in [0.717, 1.165) is 5.56 Å². The maximum atomic E-state index is 11.9. The van der Waals surface area contributed by atoms with Crippen molar-refractivity contribution >= 4 is 23.4 Å². The van der Waals surface area contributed by atoms with Crippen molar-refractivity contribution in [2.24, 2.45) is 5.92 Å². The van der Waals surface area contributed by atoms with E-state index in [2.05, 4.69) is 26.7 Å². The molecule has 1 aliphatic heterocycles. The first-order valence-corrected chi connectivity index (χ1v) is 9.30. The Morgan fingerprint density at radius 3 is 2.90 bits per heavy atom. The first kappa shape index (κ1) is 21.1. The molecule has 0 unspecified atom stereocenters. The predicted molar refractivity (Wildman–Crippen MR) is 108 cm³/mol. The van der Waals surface area contributed by atoms with E-state index in [-0.39, 0.29) is 35.0 Å². The quantitative estimate of drug-likeness (QED) is 0.478. The van der Waals surface area contributed by atoms with E-state index >= 15 is 0 Å². The summed E-state index contributed by atoms with van der Waals surface area (Å²) in [6.45, 7) is 2.84. The van der Waals surface area contributed by atoms with Gasteiger partial charge in [-0.2, -0.15) is 10.2 Å². The van der Waals surface area contributed by atoms with E-state index < -0.39 is 5.97 Å². The number of esters is 1. The monoisotopic (exact) mass is 413 g/mol. The molecule has 0 aliphatic carbocycles. The third-order valence-corrected chi connectivity index (χ3v) is 4.77. The van der Waals surface area contributed by atoms with Crippen LogP contribution in [-0.4, -0.2) is 54.5 Å². The minimum absolute atomic E-state index is 0.0546. The molecule has 3 N–H and O–H groups in total. The van der Waals surface area contributed by atoms with Crippen molar-refractivity contribution < 1.29 is 24.1 Å². The lowest BCUT2D eigenvalue weighted by Crippen LogP contribution is -2.38. The van der Waals surface area contributed by atoms with Gasteiger partial charge in [0.25, 0.3) is 0 Å². The number of phenols is 1. The zero-order chi connectivity index (χ0) is 21.7. The van der Waals surface area contributed by atoms with Crippen molar-refractivity contribution in [2.45, 2.75) is 19.4 Å². The summed E-state index contributed by atoms with van der Waals surface area (Å²) in [5.41, 5.74) is 1.18. The van der Waals surface area contributed by atoms with Gasteiger partial charge in [-0.15, -0.1) is 0 Å². The van der Waals surface area contributed by atoms with Crippen LogP contribution in [0, 0.1) is 24.2 Å². The van der Waals surface area contributed by atoms with Crippen molar-refractivity contribution in [3.63, 3.8) is 0 Å². The number of benzene rings is 1. The van der Waals surface area contributed by atoms with Crippen LogP contribution in [0.1, 0.15) is 22.3 Å². The Morgan fingerprint density at radius 2 is 2.20 bits per heavy atom. The fraction of sp³-hybridized carbons (Fsp3) is 0.400. The number of carbonyl (C=O) groups is 1. The first-order valence-electron chi connectivity index (χ1n) is 9.30. The first-order chi connectivity index (χ1) is 14.5. The zero-order valence-corrected chi connectivity index (χ0v) is 16.9. The number of anilines is 3. The molecular formula is C20H23N5O5. The number of aromatic nitrogens is 2. The lowest BCUT2D eigenvalue weighted by Gasteiger charge is -2.28. The van der Waals surface area contributed by atoms with Crippen molar-refractivity contribution in [3.05, 3.63) is 29.5 Å². The van der Waals surface area contributed by atoms with E-state index in [9.17, 15) is 15.2 Å². The van der Waals surface area contributed by atoms with Crippen molar-refractivity contribution in [2.75, 3.05) is 38.1 Å². The number of phenolic OH excluding ortho intramolecular Hbond substituents is 1. The molecule has 3 rings (SSSR count). The number of rotatable bonds is 6. The third kappa shape index (κ3) is 4.52. The summed E-state index contributed by atoms with van der Waals surface area (Å²) in [5.74, 6) is -0.266. The topological polar surface area (TPSA) is 139 Å². The number of hydrogen-bond donors (Lipinski definition) is 3. The maximum absolute atomic E-state index is 11.9. The van der Waals surface area contributed by atoms with E-state index in [0.29, 0.717) is 31.1 Å². The minimum Gasteiger partial charge on any atom is -0.504 e. The van der Waals surface area contributed by atoms with Crippen LogP contribution < -0.4 is 15.4 Å². The normalized spacial score (nSPS) is 18.2. The second kappa shape index (κ2) is 9.28. The van der Waals surface area contributed by atoms with Crippen LogP contribution in [0.2, 0.25) is 0 Å². The number of aryl methyl sites for hydroxylation is 1. The van der Waals surface area contributed by atoms with Crippen molar-refractivity contribution in [3.8, 4) is 17.6 Å². The summed E-state index contributed by atoms with van der Waals surface area (Å²) in [6, 6.07) is 5.06. The van der Waals surface area contributed by atoms with Gasteiger partial charge in [-0.3, -0.25) is 0 Å². The fourth-order valence-corrected chi connectivity index (χ4v) is 3.09. The number of aromatic hydroxyl groups is 1. The molecule has 2 aromatic rings. The van der Waals surface area contributed by atoms with E-state index in [1.54, 1.807) is 6.20 Å². The Labute approximate surface area is 173 Å². The zero-order valence-electron chi connectivity index (χ0n) is 16.9. The smallest absolute Gasteiger partial charge is 0.341 e. The minimum atomic E-state index is -0.707. The summed E-state index contributed by atoms with van der Waals surface area (Å²) < 4.78 is 15.3. The molecule has 10 nitrogen and oxygen atoms in total. The van der Waals surface area contributed by atoms with Gasteiger partial charge >= 0.3 is 5.97 Å². The van der Waals surface area contributed by atoms with Gasteiger partial charge in [0.05, 0.1) is 38.9 Å². The Kier molecular flexibility index (Phi) is 6.54. The van der Waals surface area contributed by atoms with Crippen LogP contribution in [0.4, 0.5) is 17.5 Å². The molecule has 0 bridgehead atoms. The highest BCUT2D eigenvalue weighted by Gasteiger charge is 2.26. The molecule has 0 spiro atoms. The Hall–Kier alpha value is -3.58. The highest BCUT2D eigenvalue weighted by molar-refractivity contribution is 5.95.